The van der Waals surface area contributed by atoms with Crippen LogP contribution in [0, 0.1) is 11.3 Å². The Labute approximate surface area is 141 Å². The van der Waals surface area contributed by atoms with E-state index in [0.717, 1.165) is 16.2 Å². The molecule has 0 aliphatic heterocycles. The smallest absolute Gasteiger partial charge is 0.266 e. The summed E-state index contributed by atoms with van der Waals surface area (Å²) in [5, 5.41) is 13.3. The second-order valence-electron chi connectivity index (χ2n) is 6.07. The van der Waals surface area contributed by atoms with Crippen LogP contribution in [-0.4, -0.2) is 4.40 Å². The first-order valence-corrected chi connectivity index (χ1v) is 7.86. The van der Waals surface area contributed by atoms with Gasteiger partial charge in [-0.3, -0.25) is 9.59 Å². The quantitative estimate of drug-likeness (QED) is 0.324. The third kappa shape index (κ3) is 1.64. The first-order chi connectivity index (χ1) is 12.2. The van der Waals surface area contributed by atoms with Crippen LogP contribution in [0.2, 0.25) is 0 Å². The highest BCUT2D eigenvalue weighted by molar-refractivity contribution is 6.17. The van der Waals surface area contributed by atoms with Crippen molar-refractivity contribution in [2.24, 2.45) is 0 Å². The van der Waals surface area contributed by atoms with E-state index < -0.39 is 0 Å². The van der Waals surface area contributed by atoms with E-state index in [0.29, 0.717) is 27.2 Å². The average molecular weight is 322 g/mol. The van der Waals surface area contributed by atoms with E-state index in [1.807, 2.05) is 30.3 Å². The summed E-state index contributed by atoms with van der Waals surface area (Å²) in [4.78, 5) is 26.0. The van der Waals surface area contributed by atoms with Gasteiger partial charge in [0.1, 0.15) is 0 Å². The zero-order valence-corrected chi connectivity index (χ0v) is 13.0. The van der Waals surface area contributed by atoms with Gasteiger partial charge in [0.05, 0.1) is 17.1 Å². The first kappa shape index (κ1) is 13.7. The van der Waals surface area contributed by atoms with E-state index in [1.165, 1.54) is 4.40 Å². The van der Waals surface area contributed by atoms with E-state index in [9.17, 15) is 14.9 Å². The highest BCUT2D eigenvalue weighted by Crippen LogP contribution is 2.30. The zero-order chi connectivity index (χ0) is 17.1. The van der Waals surface area contributed by atoms with Gasteiger partial charge >= 0.3 is 0 Å². The molecule has 0 aliphatic rings. The largest absolute Gasteiger partial charge is 0.268 e. The number of benzene rings is 3. The zero-order valence-electron chi connectivity index (χ0n) is 13.0. The third-order valence-electron chi connectivity index (χ3n) is 4.78. The van der Waals surface area contributed by atoms with Crippen molar-refractivity contribution >= 4 is 37.8 Å². The first-order valence-electron chi connectivity index (χ1n) is 7.86. The Balaban J connectivity index is 2.26. The van der Waals surface area contributed by atoms with Crippen LogP contribution < -0.4 is 11.1 Å². The molecule has 0 amide bonds. The van der Waals surface area contributed by atoms with Gasteiger partial charge in [-0.05, 0) is 35.0 Å². The van der Waals surface area contributed by atoms with E-state index >= 15 is 0 Å². The molecule has 0 atom stereocenters. The van der Waals surface area contributed by atoms with Gasteiger partial charge in [-0.15, -0.1) is 0 Å². The predicted octanol–water partition coefficient (Wildman–Crippen LogP) is 3.43. The molecule has 0 spiro atoms. The van der Waals surface area contributed by atoms with Crippen molar-refractivity contribution in [1.82, 2.24) is 4.40 Å². The maximum Gasteiger partial charge on any atom is 0.266 e. The number of nitriles is 1. The summed E-state index contributed by atoms with van der Waals surface area (Å²) in [6.07, 6.45) is 0. The molecule has 0 aliphatic carbocycles. The van der Waals surface area contributed by atoms with Crippen molar-refractivity contribution in [2.75, 3.05) is 0 Å². The van der Waals surface area contributed by atoms with E-state index in [1.54, 1.807) is 30.3 Å². The van der Waals surface area contributed by atoms with Crippen molar-refractivity contribution in [1.29, 1.82) is 5.26 Å². The number of hydrogen-bond donors (Lipinski definition) is 0. The predicted molar refractivity (Wildman–Crippen MR) is 98.4 cm³/mol. The summed E-state index contributed by atoms with van der Waals surface area (Å²) < 4.78 is 1.27. The Hall–Kier alpha value is -3.71. The molecule has 0 saturated heterocycles. The maximum absolute atomic E-state index is 13.0. The molecule has 4 heteroatoms. The van der Waals surface area contributed by atoms with E-state index in [4.69, 9.17) is 0 Å². The summed E-state index contributed by atoms with van der Waals surface area (Å²) in [6, 6.07) is 20.1. The van der Waals surface area contributed by atoms with Crippen molar-refractivity contribution in [2.45, 2.75) is 0 Å². The van der Waals surface area contributed by atoms with Crippen LogP contribution in [-0.2, 0) is 0 Å². The van der Waals surface area contributed by atoms with Gasteiger partial charge in [0.2, 0.25) is 0 Å². The molecule has 25 heavy (non-hydrogen) atoms. The summed E-state index contributed by atoms with van der Waals surface area (Å²) >= 11 is 0. The minimum absolute atomic E-state index is 0.310. The summed E-state index contributed by atoms with van der Waals surface area (Å²) in [5.41, 5.74) is 0.438. The fourth-order valence-corrected chi connectivity index (χ4v) is 3.68. The Kier molecular flexibility index (Phi) is 2.55. The Bertz CT molecular complexity index is 1490. The van der Waals surface area contributed by atoms with Gasteiger partial charge in [-0.1, -0.05) is 36.4 Å². The van der Waals surface area contributed by atoms with E-state index in [2.05, 4.69) is 6.07 Å². The van der Waals surface area contributed by atoms with Gasteiger partial charge in [-0.2, -0.15) is 5.26 Å². The lowest BCUT2D eigenvalue weighted by Gasteiger charge is -2.12. The molecule has 0 N–H and O–H groups in total. The topological polar surface area (TPSA) is 62.3 Å². The number of rotatable bonds is 0. The Morgan fingerprint density at radius 3 is 2.00 bits per heavy atom. The lowest BCUT2D eigenvalue weighted by molar-refractivity contribution is 1.09. The standard InChI is InChI=1S/C21H10N2O2/c22-11-12-8-9-17-18(10-12)15-7-3-6-14-13-4-1-2-5-16(13)20(24)23(19(14)15)21(17)25/h1-10H. The van der Waals surface area contributed by atoms with Crippen LogP contribution in [0.3, 0.4) is 0 Å². The lowest BCUT2D eigenvalue weighted by Crippen LogP contribution is -2.27. The van der Waals surface area contributed by atoms with Crippen LogP contribution in [0.15, 0.2) is 70.3 Å². The minimum atomic E-state index is -0.348. The van der Waals surface area contributed by atoms with Crippen molar-refractivity contribution in [3.05, 3.63) is 86.9 Å². The molecule has 116 valence electrons. The molecule has 5 aromatic rings. The number of para-hydroxylation sites is 1. The second kappa shape index (κ2) is 4.65. The van der Waals surface area contributed by atoms with Gasteiger partial charge < -0.3 is 0 Å². The Morgan fingerprint density at radius 2 is 1.28 bits per heavy atom. The van der Waals surface area contributed by atoms with Gasteiger partial charge in [0, 0.05) is 21.5 Å². The minimum Gasteiger partial charge on any atom is -0.268 e. The maximum atomic E-state index is 13.0. The van der Waals surface area contributed by atoms with Gasteiger partial charge in [-0.25, -0.2) is 4.40 Å². The number of pyridine rings is 2. The van der Waals surface area contributed by atoms with Crippen LogP contribution in [0.5, 0.6) is 0 Å². The summed E-state index contributed by atoms with van der Waals surface area (Å²) in [6.45, 7) is 0. The molecular weight excluding hydrogens is 312 g/mol. The highest BCUT2D eigenvalue weighted by atomic mass is 16.2. The molecule has 4 nitrogen and oxygen atoms in total. The normalized spacial score (nSPS) is 11.5. The molecule has 3 aromatic carbocycles. The molecule has 0 saturated carbocycles. The van der Waals surface area contributed by atoms with Crippen molar-refractivity contribution in [3.8, 4) is 6.07 Å². The van der Waals surface area contributed by atoms with Crippen molar-refractivity contribution in [3.63, 3.8) is 0 Å². The fourth-order valence-electron chi connectivity index (χ4n) is 3.68. The number of fused-ring (bicyclic) bond motifs is 4. The fraction of sp³-hybridized carbons (Fsp3) is 0. The monoisotopic (exact) mass is 322 g/mol. The number of aromatic nitrogens is 1. The lowest BCUT2D eigenvalue weighted by atomic mass is 9.99. The van der Waals surface area contributed by atoms with Gasteiger partial charge in [0.15, 0.2) is 0 Å². The molecule has 0 radical (unpaired) electrons. The van der Waals surface area contributed by atoms with Crippen molar-refractivity contribution < 1.29 is 0 Å². The average Bonchev–Trinajstić information content (AvgIpc) is 2.67. The Morgan fingerprint density at radius 1 is 0.680 bits per heavy atom. The summed E-state index contributed by atoms with van der Waals surface area (Å²) in [7, 11) is 0. The van der Waals surface area contributed by atoms with Crippen LogP contribution in [0.4, 0.5) is 0 Å². The van der Waals surface area contributed by atoms with Crippen LogP contribution in [0.1, 0.15) is 5.56 Å². The SMILES string of the molecule is N#Cc1ccc2c(=O)n3c(=O)c4ccccc4c4cccc(c2c1)c43. The molecule has 2 aromatic heterocycles. The van der Waals surface area contributed by atoms with E-state index in [-0.39, 0.29) is 11.1 Å². The molecule has 0 fully saturated rings. The number of hydrogen-bond acceptors (Lipinski definition) is 3. The van der Waals surface area contributed by atoms with Gasteiger partial charge in [0.25, 0.3) is 11.1 Å². The van der Waals surface area contributed by atoms with Crippen LogP contribution >= 0.6 is 0 Å². The number of nitrogens with zero attached hydrogens (tertiary/aromatic N) is 2. The highest BCUT2D eigenvalue weighted by Gasteiger charge is 2.16. The summed E-state index contributed by atoms with van der Waals surface area (Å²) in [5.74, 6) is 0. The molecule has 2 heterocycles. The third-order valence-corrected chi connectivity index (χ3v) is 4.78. The second-order valence-corrected chi connectivity index (χ2v) is 6.07. The molecule has 5 rings (SSSR count). The molecule has 0 bridgehead atoms. The molecule has 0 unspecified atom stereocenters. The van der Waals surface area contributed by atoms with Crippen LogP contribution in [0.25, 0.3) is 37.8 Å². The molecular formula is C21H10N2O2.